The molecule has 1 aliphatic rings. The summed E-state index contributed by atoms with van der Waals surface area (Å²) < 4.78 is 0. The van der Waals surface area contributed by atoms with E-state index in [2.05, 4.69) is 29.7 Å². The Morgan fingerprint density at radius 1 is 1.33 bits per heavy atom. The predicted molar refractivity (Wildman–Crippen MR) is 89.6 cm³/mol. The zero-order valence-corrected chi connectivity index (χ0v) is 13.8. The van der Waals surface area contributed by atoms with Crippen LogP contribution in [0, 0.1) is 11.8 Å². The highest BCUT2D eigenvalue weighted by atomic mass is 35.5. The van der Waals surface area contributed by atoms with E-state index in [1.54, 1.807) is 0 Å². The molecule has 118 valence electrons. The van der Waals surface area contributed by atoms with Gasteiger partial charge in [-0.15, -0.1) is 12.4 Å². The number of rotatable bonds is 5. The Hall–Kier alpha value is -1.06. The van der Waals surface area contributed by atoms with E-state index in [0.717, 1.165) is 18.7 Å². The number of carbonyl (C=O) groups excluding carboxylic acids is 1. The first-order valence-electron chi connectivity index (χ1n) is 7.72. The van der Waals surface area contributed by atoms with Gasteiger partial charge in [0.25, 0.3) is 0 Å². The molecule has 1 saturated heterocycles. The third-order valence-corrected chi connectivity index (χ3v) is 4.32. The second-order valence-corrected chi connectivity index (χ2v) is 5.99. The number of amides is 1. The maximum absolute atomic E-state index is 12.1. The average Bonchev–Trinajstić information content (AvgIpc) is 2.49. The van der Waals surface area contributed by atoms with Gasteiger partial charge < -0.3 is 10.6 Å². The van der Waals surface area contributed by atoms with Gasteiger partial charge in [0.2, 0.25) is 5.91 Å². The average molecular weight is 311 g/mol. The van der Waals surface area contributed by atoms with Gasteiger partial charge in [-0.2, -0.15) is 0 Å². The molecule has 0 aliphatic carbocycles. The first kappa shape index (κ1) is 18.0. The fourth-order valence-corrected chi connectivity index (χ4v) is 2.95. The van der Waals surface area contributed by atoms with Crippen molar-refractivity contribution in [3.8, 4) is 0 Å². The van der Waals surface area contributed by atoms with Crippen molar-refractivity contribution in [1.82, 2.24) is 10.6 Å². The van der Waals surface area contributed by atoms with Crippen LogP contribution in [0.1, 0.15) is 44.7 Å². The Labute approximate surface area is 134 Å². The molecule has 1 heterocycles. The summed E-state index contributed by atoms with van der Waals surface area (Å²) in [4.78, 5) is 12.1. The topological polar surface area (TPSA) is 41.1 Å². The molecule has 1 aliphatic heterocycles. The normalized spacial score (nSPS) is 21.0. The molecule has 0 radical (unpaired) electrons. The SMILES string of the molecule is CC(NC(=O)CC(C)C1CCCNC1)c1ccccc1.Cl. The van der Waals surface area contributed by atoms with Gasteiger partial charge in [-0.3, -0.25) is 4.79 Å². The molecule has 0 spiro atoms. The molecule has 1 fully saturated rings. The van der Waals surface area contributed by atoms with Crippen LogP contribution >= 0.6 is 12.4 Å². The van der Waals surface area contributed by atoms with Crippen LogP contribution < -0.4 is 10.6 Å². The lowest BCUT2D eigenvalue weighted by Crippen LogP contribution is -2.36. The smallest absolute Gasteiger partial charge is 0.220 e. The highest BCUT2D eigenvalue weighted by Crippen LogP contribution is 2.23. The van der Waals surface area contributed by atoms with E-state index in [1.807, 2.05) is 25.1 Å². The van der Waals surface area contributed by atoms with Gasteiger partial charge in [-0.25, -0.2) is 0 Å². The van der Waals surface area contributed by atoms with Gasteiger partial charge in [0, 0.05) is 6.42 Å². The maximum atomic E-state index is 12.1. The highest BCUT2D eigenvalue weighted by molar-refractivity contribution is 5.85. The van der Waals surface area contributed by atoms with Crippen LogP contribution in [0.15, 0.2) is 30.3 Å². The second kappa shape index (κ2) is 9.06. The van der Waals surface area contributed by atoms with Crippen molar-refractivity contribution in [2.24, 2.45) is 11.8 Å². The monoisotopic (exact) mass is 310 g/mol. The van der Waals surface area contributed by atoms with Crippen LogP contribution in [0.2, 0.25) is 0 Å². The van der Waals surface area contributed by atoms with Crippen molar-refractivity contribution in [2.75, 3.05) is 13.1 Å². The van der Waals surface area contributed by atoms with Crippen LogP contribution in [0.5, 0.6) is 0 Å². The quantitative estimate of drug-likeness (QED) is 0.876. The molecule has 0 aromatic heterocycles. The van der Waals surface area contributed by atoms with E-state index >= 15 is 0 Å². The number of nitrogens with one attached hydrogen (secondary N) is 2. The molecule has 4 heteroatoms. The van der Waals surface area contributed by atoms with Gasteiger partial charge in [0.15, 0.2) is 0 Å². The van der Waals surface area contributed by atoms with Gasteiger partial charge in [0.1, 0.15) is 0 Å². The lowest BCUT2D eigenvalue weighted by molar-refractivity contribution is -0.123. The molecule has 0 bridgehead atoms. The standard InChI is InChI=1S/C17H26N2O.ClH/c1-13(16-9-6-10-18-12-16)11-17(20)19-14(2)15-7-4-3-5-8-15;/h3-5,7-8,13-14,16,18H,6,9-12H2,1-2H3,(H,19,20);1H. The lowest BCUT2D eigenvalue weighted by atomic mass is 9.85. The molecule has 1 aromatic rings. The van der Waals surface area contributed by atoms with Gasteiger partial charge in [-0.1, -0.05) is 37.3 Å². The predicted octanol–water partition coefficient (Wildman–Crippen LogP) is 3.31. The van der Waals surface area contributed by atoms with Crippen molar-refractivity contribution in [3.05, 3.63) is 35.9 Å². The van der Waals surface area contributed by atoms with E-state index < -0.39 is 0 Å². The van der Waals surface area contributed by atoms with Crippen molar-refractivity contribution in [2.45, 2.75) is 39.2 Å². The van der Waals surface area contributed by atoms with E-state index in [-0.39, 0.29) is 24.4 Å². The Kier molecular flexibility index (Phi) is 7.76. The number of piperidine rings is 1. The summed E-state index contributed by atoms with van der Waals surface area (Å²) in [7, 11) is 0. The number of carbonyl (C=O) groups is 1. The lowest BCUT2D eigenvalue weighted by Gasteiger charge is -2.28. The minimum Gasteiger partial charge on any atom is -0.350 e. The van der Waals surface area contributed by atoms with Crippen LogP contribution in [0.3, 0.4) is 0 Å². The van der Waals surface area contributed by atoms with Crippen molar-refractivity contribution >= 4 is 18.3 Å². The molecular weight excluding hydrogens is 284 g/mol. The molecule has 3 nitrogen and oxygen atoms in total. The second-order valence-electron chi connectivity index (χ2n) is 5.99. The molecule has 2 rings (SSSR count). The van der Waals surface area contributed by atoms with E-state index in [4.69, 9.17) is 0 Å². The van der Waals surface area contributed by atoms with Crippen molar-refractivity contribution in [1.29, 1.82) is 0 Å². The number of hydrogen-bond donors (Lipinski definition) is 2. The Morgan fingerprint density at radius 2 is 2.05 bits per heavy atom. The highest BCUT2D eigenvalue weighted by Gasteiger charge is 2.22. The van der Waals surface area contributed by atoms with Crippen LogP contribution in [0.25, 0.3) is 0 Å². The summed E-state index contributed by atoms with van der Waals surface area (Å²) in [5, 5.41) is 6.53. The van der Waals surface area contributed by atoms with E-state index in [1.165, 1.54) is 12.8 Å². The third-order valence-electron chi connectivity index (χ3n) is 4.32. The summed E-state index contributed by atoms with van der Waals surface area (Å²) in [6, 6.07) is 10.2. The summed E-state index contributed by atoms with van der Waals surface area (Å²) in [5.41, 5.74) is 1.16. The molecule has 0 saturated carbocycles. The minimum absolute atomic E-state index is 0. The summed E-state index contributed by atoms with van der Waals surface area (Å²) in [5.74, 6) is 1.26. The third kappa shape index (κ3) is 5.68. The fourth-order valence-electron chi connectivity index (χ4n) is 2.95. The first-order chi connectivity index (χ1) is 9.66. The first-order valence-corrected chi connectivity index (χ1v) is 7.72. The van der Waals surface area contributed by atoms with Crippen molar-refractivity contribution in [3.63, 3.8) is 0 Å². The van der Waals surface area contributed by atoms with Gasteiger partial charge >= 0.3 is 0 Å². The van der Waals surface area contributed by atoms with Crippen molar-refractivity contribution < 1.29 is 4.79 Å². The summed E-state index contributed by atoms with van der Waals surface area (Å²) in [6.07, 6.45) is 3.11. The molecule has 3 atom stereocenters. The van der Waals surface area contributed by atoms with Crippen LogP contribution in [-0.4, -0.2) is 19.0 Å². The zero-order chi connectivity index (χ0) is 14.4. The molecule has 1 aromatic carbocycles. The zero-order valence-electron chi connectivity index (χ0n) is 13.0. The van der Waals surface area contributed by atoms with E-state index in [9.17, 15) is 4.79 Å². The molecular formula is C17H27ClN2O. The maximum Gasteiger partial charge on any atom is 0.220 e. The van der Waals surface area contributed by atoms with Gasteiger partial charge in [-0.05, 0) is 50.3 Å². The van der Waals surface area contributed by atoms with E-state index in [0.29, 0.717) is 18.3 Å². The van der Waals surface area contributed by atoms with Crippen LogP contribution in [0.4, 0.5) is 0 Å². The number of benzene rings is 1. The Morgan fingerprint density at radius 3 is 2.67 bits per heavy atom. The molecule has 2 N–H and O–H groups in total. The molecule has 1 amide bonds. The number of hydrogen-bond acceptors (Lipinski definition) is 2. The molecule has 21 heavy (non-hydrogen) atoms. The minimum atomic E-state index is 0. The number of halogens is 1. The van der Waals surface area contributed by atoms with Gasteiger partial charge in [0.05, 0.1) is 6.04 Å². The fraction of sp³-hybridized carbons (Fsp3) is 0.588. The summed E-state index contributed by atoms with van der Waals surface area (Å²) in [6.45, 7) is 6.42. The van der Waals surface area contributed by atoms with Crippen LogP contribution in [-0.2, 0) is 4.79 Å². The molecule has 3 unspecified atom stereocenters. The largest absolute Gasteiger partial charge is 0.350 e. The Bertz CT molecular complexity index is 418. The summed E-state index contributed by atoms with van der Waals surface area (Å²) >= 11 is 0. The Balaban J connectivity index is 0.00000220.